The van der Waals surface area contributed by atoms with Crippen molar-refractivity contribution in [2.24, 2.45) is 0 Å². The zero-order valence-electron chi connectivity index (χ0n) is 11.3. The van der Waals surface area contributed by atoms with E-state index in [-0.39, 0.29) is 18.6 Å². The molecule has 0 aliphatic rings. The topological polar surface area (TPSA) is 49.3 Å². The fourth-order valence-electron chi connectivity index (χ4n) is 1.71. The van der Waals surface area contributed by atoms with E-state index in [1.165, 1.54) is 11.3 Å². The molecule has 0 saturated carbocycles. The molecule has 2 N–H and O–H groups in total. The van der Waals surface area contributed by atoms with Crippen LogP contribution in [0.2, 0.25) is 0 Å². The molecule has 0 radical (unpaired) electrons. The first-order chi connectivity index (χ1) is 9.61. The minimum absolute atomic E-state index is 0.00289. The van der Waals surface area contributed by atoms with Gasteiger partial charge in [0.05, 0.1) is 15.8 Å². The minimum atomic E-state index is -0.172. The van der Waals surface area contributed by atoms with Gasteiger partial charge >= 0.3 is 0 Å². The van der Waals surface area contributed by atoms with E-state index >= 15 is 0 Å². The molecule has 1 amide bonds. The van der Waals surface area contributed by atoms with E-state index in [9.17, 15) is 4.79 Å². The lowest BCUT2D eigenvalue weighted by molar-refractivity contribution is 0.0944. The Labute approximate surface area is 126 Å². The van der Waals surface area contributed by atoms with Crippen molar-refractivity contribution in [2.45, 2.75) is 19.9 Å². The summed E-state index contributed by atoms with van der Waals surface area (Å²) in [5.41, 5.74) is 0.963. The summed E-state index contributed by atoms with van der Waals surface area (Å²) in [7, 11) is 0. The number of nitrogens with one attached hydrogen (secondary N) is 1. The van der Waals surface area contributed by atoms with E-state index in [2.05, 4.69) is 17.2 Å². The third-order valence-electron chi connectivity index (χ3n) is 2.74. The van der Waals surface area contributed by atoms with Crippen LogP contribution in [0.25, 0.3) is 0 Å². The maximum Gasteiger partial charge on any atom is 0.261 e. The second kappa shape index (κ2) is 6.71. The molecule has 0 fully saturated rings. The molecular weight excluding hydrogens is 290 g/mol. The van der Waals surface area contributed by atoms with Crippen LogP contribution in [0, 0.1) is 18.8 Å². The van der Waals surface area contributed by atoms with E-state index in [1.807, 2.05) is 37.4 Å². The van der Waals surface area contributed by atoms with Crippen LogP contribution in [-0.2, 0) is 0 Å². The fraction of sp³-hybridized carbons (Fsp3) is 0.267. The van der Waals surface area contributed by atoms with Gasteiger partial charge in [-0.25, -0.2) is 0 Å². The molecule has 20 heavy (non-hydrogen) atoms. The largest absolute Gasteiger partial charge is 0.384 e. The molecule has 2 heterocycles. The first-order valence-electron chi connectivity index (χ1n) is 6.16. The number of aryl methyl sites for hydroxylation is 1. The zero-order chi connectivity index (χ0) is 14.5. The van der Waals surface area contributed by atoms with Gasteiger partial charge in [-0.2, -0.15) is 0 Å². The van der Waals surface area contributed by atoms with E-state index in [0.717, 1.165) is 15.3 Å². The van der Waals surface area contributed by atoms with Gasteiger partial charge in [-0.3, -0.25) is 4.79 Å². The lowest BCUT2D eigenvalue weighted by Gasteiger charge is -2.10. The molecule has 2 rings (SSSR count). The van der Waals surface area contributed by atoms with Gasteiger partial charge < -0.3 is 10.4 Å². The van der Waals surface area contributed by atoms with Crippen molar-refractivity contribution in [3.05, 3.63) is 43.8 Å². The van der Waals surface area contributed by atoms with Gasteiger partial charge in [0, 0.05) is 4.88 Å². The molecule has 2 aromatic heterocycles. The number of hydrogen-bond donors (Lipinski definition) is 2. The molecule has 0 aliphatic heterocycles. The van der Waals surface area contributed by atoms with Gasteiger partial charge in [0.1, 0.15) is 6.61 Å². The number of amides is 1. The van der Waals surface area contributed by atoms with Crippen LogP contribution in [0.15, 0.2) is 23.6 Å². The summed E-state index contributed by atoms with van der Waals surface area (Å²) >= 11 is 2.98. The lowest BCUT2D eigenvalue weighted by Crippen LogP contribution is -2.25. The first kappa shape index (κ1) is 14.8. The number of hydrogen-bond acceptors (Lipinski definition) is 4. The van der Waals surface area contributed by atoms with Crippen LogP contribution in [0.3, 0.4) is 0 Å². The molecule has 0 saturated heterocycles. The Morgan fingerprint density at radius 2 is 2.35 bits per heavy atom. The highest BCUT2D eigenvalue weighted by Crippen LogP contribution is 2.23. The predicted octanol–water partition coefficient (Wildman–Crippen LogP) is 2.95. The van der Waals surface area contributed by atoms with Gasteiger partial charge in [0.25, 0.3) is 5.91 Å². The standard InChI is InChI=1S/C15H15NO2S2/c1-10-9-14(20-12(10)5-3-7-17)15(18)16-11(2)13-6-4-8-19-13/h4,6,8-9,11,17H,7H2,1-2H3,(H,16,18). The summed E-state index contributed by atoms with van der Waals surface area (Å²) in [4.78, 5) is 14.8. The fourth-order valence-corrected chi connectivity index (χ4v) is 3.40. The number of thiophene rings is 2. The Hall–Kier alpha value is -1.61. The zero-order valence-corrected chi connectivity index (χ0v) is 12.9. The predicted molar refractivity (Wildman–Crippen MR) is 83.2 cm³/mol. The highest BCUT2D eigenvalue weighted by molar-refractivity contribution is 7.14. The second-order valence-corrected chi connectivity index (χ2v) is 6.32. The van der Waals surface area contributed by atoms with Crippen molar-refractivity contribution in [3.63, 3.8) is 0 Å². The summed E-state index contributed by atoms with van der Waals surface area (Å²) < 4.78 is 0. The van der Waals surface area contributed by atoms with Crippen LogP contribution in [0.5, 0.6) is 0 Å². The molecule has 0 aliphatic carbocycles. The third kappa shape index (κ3) is 3.48. The smallest absolute Gasteiger partial charge is 0.261 e. The van der Waals surface area contributed by atoms with E-state index in [0.29, 0.717) is 4.88 Å². The van der Waals surface area contributed by atoms with Gasteiger partial charge in [-0.05, 0) is 36.9 Å². The summed E-state index contributed by atoms with van der Waals surface area (Å²) in [5.74, 6) is 5.38. The summed E-state index contributed by atoms with van der Waals surface area (Å²) in [6.45, 7) is 3.71. The van der Waals surface area contributed by atoms with Crippen molar-refractivity contribution < 1.29 is 9.90 Å². The van der Waals surface area contributed by atoms with Crippen LogP contribution < -0.4 is 5.32 Å². The van der Waals surface area contributed by atoms with Gasteiger partial charge in [-0.15, -0.1) is 22.7 Å². The molecule has 0 aromatic carbocycles. The number of aliphatic hydroxyl groups excluding tert-OH is 1. The van der Waals surface area contributed by atoms with Crippen molar-refractivity contribution in [1.82, 2.24) is 5.32 Å². The van der Waals surface area contributed by atoms with Crippen molar-refractivity contribution in [2.75, 3.05) is 6.61 Å². The van der Waals surface area contributed by atoms with Crippen molar-refractivity contribution in [3.8, 4) is 11.8 Å². The number of carbonyl (C=O) groups is 1. The summed E-state index contributed by atoms with van der Waals surface area (Å²) in [5, 5.41) is 13.7. The highest BCUT2D eigenvalue weighted by atomic mass is 32.1. The Morgan fingerprint density at radius 3 is 3.00 bits per heavy atom. The number of aliphatic hydroxyl groups is 1. The molecule has 2 aromatic rings. The quantitative estimate of drug-likeness (QED) is 0.857. The highest BCUT2D eigenvalue weighted by Gasteiger charge is 2.15. The van der Waals surface area contributed by atoms with Crippen LogP contribution in [0.1, 0.15) is 38.0 Å². The van der Waals surface area contributed by atoms with Crippen LogP contribution in [-0.4, -0.2) is 17.6 Å². The molecule has 0 spiro atoms. The first-order valence-corrected chi connectivity index (χ1v) is 7.86. The summed E-state index contributed by atoms with van der Waals surface area (Å²) in [6, 6.07) is 5.81. The minimum Gasteiger partial charge on any atom is -0.384 e. The van der Waals surface area contributed by atoms with Crippen LogP contribution in [0.4, 0.5) is 0 Å². The molecule has 0 bridgehead atoms. The van der Waals surface area contributed by atoms with Gasteiger partial charge in [0.15, 0.2) is 0 Å². The van der Waals surface area contributed by atoms with Crippen LogP contribution >= 0.6 is 22.7 Å². The maximum absolute atomic E-state index is 12.2. The summed E-state index contributed by atoms with van der Waals surface area (Å²) in [6.07, 6.45) is 0. The molecule has 104 valence electrons. The maximum atomic E-state index is 12.2. The Morgan fingerprint density at radius 1 is 1.55 bits per heavy atom. The lowest BCUT2D eigenvalue weighted by atomic mass is 10.2. The van der Waals surface area contributed by atoms with Gasteiger partial charge in [0.2, 0.25) is 0 Å². The monoisotopic (exact) mass is 305 g/mol. The van der Waals surface area contributed by atoms with Crippen molar-refractivity contribution in [1.29, 1.82) is 0 Å². The molecule has 1 unspecified atom stereocenters. The molecule has 3 nitrogen and oxygen atoms in total. The second-order valence-electron chi connectivity index (χ2n) is 4.29. The molecular formula is C15H15NO2S2. The van der Waals surface area contributed by atoms with E-state index < -0.39 is 0 Å². The SMILES string of the molecule is Cc1cc(C(=O)NC(C)c2cccs2)sc1C#CCO. The Kier molecular flexibility index (Phi) is 4.96. The average molecular weight is 305 g/mol. The van der Waals surface area contributed by atoms with E-state index in [1.54, 1.807) is 11.3 Å². The van der Waals surface area contributed by atoms with E-state index in [4.69, 9.17) is 5.11 Å². The molecule has 5 heteroatoms. The number of carbonyl (C=O) groups excluding carboxylic acids is 1. The third-order valence-corrected chi connectivity index (χ3v) is 4.95. The normalized spacial score (nSPS) is 11.6. The number of rotatable bonds is 3. The average Bonchev–Trinajstić information content (AvgIpc) is 3.06. The van der Waals surface area contributed by atoms with Gasteiger partial charge in [-0.1, -0.05) is 17.9 Å². The Bertz CT molecular complexity index is 647. The molecule has 1 atom stereocenters. The Balaban J connectivity index is 2.10. The van der Waals surface area contributed by atoms with Crippen molar-refractivity contribution >= 4 is 28.6 Å².